The highest BCUT2D eigenvalue weighted by Crippen LogP contribution is 2.19. The maximum Gasteiger partial charge on any atom is 0.326 e. The van der Waals surface area contributed by atoms with Gasteiger partial charge in [0.2, 0.25) is 5.91 Å². The maximum absolute atomic E-state index is 12.1. The normalized spacial score (nSPS) is 10.7. The lowest BCUT2D eigenvalue weighted by Crippen LogP contribution is -2.14. The van der Waals surface area contributed by atoms with Gasteiger partial charge in [-0.1, -0.05) is 30.3 Å². The number of rotatable bonds is 5. The van der Waals surface area contributed by atoms with E-state index in [0.29, 0.717) is 5.56 Å². The number of benzene rings is 2. The predicted octanol–water partition coefficient (Wildman–Crippen LogP) is 2.79. The topological polar surface area (TPSA) is 74.3 Å². The van der Waals surface area contributed by atoms with Gasteiger partial charge >= 0.3 is 5.97 Å². The molecule has 1 heterocycles. The van der Waals surface area contributed by atoms with Crippen LogP contribution in [-0.2, 0) is 22.7 Å². The highest BCUT2D eigenvalue weighted by Gasteiger charge is 2.10. The SMILES string of the molecule is Cc1cc2ccccc2n1CC(=O)OCc1ccc(C(N)=O)cc1. The van der Waals surface area contributed by atoms with Gasteiger partial charge in [0, 0.05) is 16.8 Å². The van der Waals surface area contributed by atoms with E-state index in [-0.39, 0.29) is 19.1 Å². The number of carbonyl (C=O) groups excluding carboxylic acids is 2. The minimum Gasteiger partial charge on any atom is -0.459 e. The second kappa shape index (κ2) is 6.58. The van der Waals surface area contributed by atoms with Gasteiger partial charge in [0.05, 0.1) is 0 Å². The number of aromatic nitrogens is 1. The van der Waals surface area contributed by atoms with E-state index in [9.17, 15) is 9.59 Å². The highest BCUT2D eigenvalue weighted by molar-refractivity contribution is 5.92. The number of ether oxygens (including phenoxy) is 1. The number of esters is 1. The van der Waals surface area contributed by atoms with Crippen molar-refractivity contribution < 1.29 is 14.3 Å². The highest BCUT2D eigenvalue weighted by atomic mass is 16.5. The molecule has 0 spiro atoms. The second-order valence-corrected chi connectivity index (χ2v) is 5.65. The van der Waals surface area contributed by atoms with Gasteiger partial charge in [0.15, 0.2) is 0 Å². The molecule has 0 radical (unpaired) electrons. The molecule has 2 N–H and O–H groups in total. The van der Waals surface area contributed by atoms with Crippen LogP contribution in [0.2, 0.25) is 0 Å². The van der Waals surface area contributed by atoms with Gasteiger partial charge in [-0.25, -0.2) is 0 Å². The molecule has 0 saturated heterocycles. The van der Waals surface area contributed by atoms with E-state index in [1.807, 2.05) is 41.8 Å². The third kappa shape index (κ3) is 3.30. The number of fused-ring (bicyclic) bond motifs is 1. The van der Waals surface area contributed by atoms with Gasteiger partial charge in [-0.3, -0.25) is 9.59 Å². The third-order valence-electron chi connectivity index (χ3n) is 3.94. The molecular formula is C19H18N2O3. The molecule has 24 heavy (non-hydrogen) atoms. The van der Waals surface area contributed by atoms with E-state index in [1.165, 1.54) is 0 Å². The fourth-order valence-electron chi connectivity index (χ4n) is 2.66. The van der Waals surface area contributed by atoms with E-state index in [0.717, 1.165) is 22.2 Å². The summed E-state index contributed by atoms with van der Waals surface area (Å²) >= 11 is 0. The predicted molar refractivity (Wildman–Crippen MR) is 91.4 cm³/mol. The number of carbonyl (C=O) groups is 2. The van der Waals surface area contributed by atoms with Gasteiger partial charge in [-0.05, 0) is 42.1 Å². The monoisotopic (exact) mass is 322 g/mol. The zero-order valence-corrected chi connectivity index (χ0v) is 13.4. The first kappa shape index (κ1) is 15.8. The van der Waals surface area contributed by atoms with Crippen LogP contribution in [0.3, 0.4) is 0 Å². The van der Waals surface area contributed by atoms with Crippen molar-refractivity contribution in [3.8, 4) is 0 Å². The number of para-hydroxylation sites is 1. The first-order valence-corrected chi connectivity index (χ1v) is 7.64. The van der Waals surface area contributed by atoms with Crippen LogP contribution in [0.1, 0.15) is 21.6 Å². The summed E-state index contributed by atoms with van der Waals surface area (Å²) in [5.74, 6) is -0.785. The lowest BCUT2D eigenvalue weighted by molar-refractivity contribution is -0.145. The van der Waals surface area contributed by atoms with E-state index in [4.69, 9.17) is 10.5 Å². The van der Waals surface area contributed by atoms with Crippen molar-refractivity contribution in [3.63, 3.8) is 0 Å². The van der Waals surface area contributed by atoms with Crippen LogP contribution in [0.15, 0.2) is 54.6 Å². The van der Waals surface area contributed by atoms with E-state index in [2.05, 4.69) is 0 Å². The van der Waals surface area contributed by atoms with Crippen molar-refractivity contribution in [2.24, 2.45) is 5.73 Å². The van der Waals surface area contributed by atoms with Crippen LogP contribution in [0.4, 0.5) is 0 Å². The molecular weight excluding hydrogens is 304 g/mol. The molecule has 122 valence electrons. The quantitative estimate of drug-likeness (QED) is 0.734. The molecule has 0 aliphatic heterocycles. The molecule has 0 bridgehead atoms. The summed E-state index contributed by atoms with van der Waals surface area (Å²) in [6.45, 7) is 2.30. The maximum atomic E-state index is 12.1. The largest absolute Gasteiger partial charge is 0.459 e. The van der Waals surface area contributed by atoms with Crippen LogP contribution in [0.5, 0.6) is 0 Å². The fourth-order valence-corrected chi connectivity index (χ4v) is 2.66. The van der Waals surface area contributed by atoms with Crippen LogP contribution >= 0.6 is 0 Å². The summed E-state index contributed by atoms with van der Waals surface area (Å²) in [7, 11) is 0. The van der Waals surface area contributed by atoms with Crippen molar-refractivity contribution in [2.75, 3.05) is 0 Å². The van der Waals surface area contributed by atoms with Gasteiger partial charge in [-0.2, -0.15) is 0 Å². The van der Waals surface area contributed by atoms with Crippen LogP contribution < -0.4 is 5.73 Å². The van der Waals surface area contributed by atoms with Crippen molar-refractivity contribution in [1.82, 2.24) is 4.57 Å². The van der Waals surface area contributed by atoms with E-state index in [1.54, 1.807) is 24.3 Å². The molecule has 1 amide bonds. The van der Waals surface area contributed by atoms with Crippen molar-refractivity contribution in [3.05, 3.63) is 71.4 Å². The van der Waals surface area contributed by atoms with Crippen molar-refractivity contribution in [2.45, 2.75) is 20.1 Å². The first-order valence-electron chi connectivity index (χ1n) is 7.64. The minimum absolute atomic E-state index is 0.163. The number of aryl methyl sites for hydroxylation is 1. The summed E-state index contributed by atoms with van der Waals surface area (Å²) in [6.07, 6.45) is 0. The molecule has 5 nitrogen and oxygen atoms in total. The Morgan fingerprint density at radius 2 is 1.79 bits per heavy atom. The molecule has 1 aromatic heterocycles. The molecule has 0 unspecified atom stereocenters. The molecule has 3 rings (SSSR count). The van der Waals surface area contributed by atoms with E-state index < -0.39 is 5.91 Å². The molecule has 0 saturated carbocycles. The first-order chi connectivity index (χ1) is 11.5. The average Bonchev–Trinajstić information content (AvgIpc) is 2.89. The summed E-state index contributed by atoms with van der Waals surface area (Å²) in [5.41, 5.74) is 8.46. The minimum atomic E-state index is -0.478. The summed E-state index contributed by atoms with van der Waals surface area (Å²) in [5, 5.41) is 1.10. The molecule has 2 aromatic carbocycles. The third-order valence-corrected chi connectivity index (χ3v) is 3.94. The number of nitrogens with zero attached hydrogens (tertiary/aromatic N) is 1. The van der Waals surface area contributed by atoms with Crippen LogP contribution in [-0.4, -0.2) is 16.4 Å². The number of hydrogen-bond acceptors (Lipinski definition) is 3. The molecule has 3 aromatic rings. The summed E-state index contributed by atoms with van der Waals surface area (Å²) in [4.78, 5) is 23.2. The average molecular weight is 322 g/mol. The lowest BCUT2D eigenvalue weighted by atomic mass is 10.1. The lowest BCUT2D eigenvalue weighted by Gasteiger charge is -2.09. The van der Waals surface area contributed by atoms with Crippen LogP contribution in [0.25, 0.3) is 10.9 Å². The smallest absolute Gasteiger partial charge is 0.326 e. The van der Waals surface area contributed by atoms with Gasteiger partial charge < -0.3 is 15.0 Å². The Balaban J connectivity index is 1.65. The Morgan fingerprint density at radius 3 is 2.50 bits per heavy atom. The second-order valence-electron chi connectivity index (χ2n) is 5.65. The number of primary amides is 1. The Bertz CT molecular complexity index is 895. The van der Waals surface area contributed by atoms with Crippen molar-refractivity contribution in [1.29, 1.82) is 0 Å². The summed E-state index contributed by atoms with van der Waals surface area (Å²) < 4.78 is 7.27. The molecule has 0 fully saturated rings. The van der Waals surface area contributed by atoms with Crippen LogP contribution in [0, 0.1) is 6.92 Å². The van der Waals surface area contributed by atoms with Gasteiger partial charge in [-0.15, -0.1) is 0 Å². The standard InChI is InChI=1S/C19H18N2O3/c1-13-10-16-4-2-3-5-17(16)21(13)11-18(22)24-12-14-6-8-15(9-7-14)19(20)23/h2-10H,11-12H2,1H3,(H2,20,23). The number of nitrogens with two attached hydrogens (primary N) is 1. The molecule has 0 aliphatic carbocycles. The fraction of sp³-hybridized carbons (Fsp3) is 0.158. The Labute approximate surface area is 139 Å². The summed E-state index contributed by atoms with van der Waals surface area (Å²) in [6, 6.07) is 16.7. The van der Waals surface area contributed by atoms with Crippen molar-refractivity contribution >= 4 is 22.8 Å². The molecule has 5 heteroatoms. The molecule has 0 atom stereocenters. The van der Waals surface area contributed by atoms with Gasteiger partial charge in [0.25, 0.3) is 0 Å². The zero-order chi connectivity index (χ0) is 17.1. The number of amides is 1. The Hall–Kier alpha value is -3.08. The van der Waals surface area contributed by atoms with E-state index >= 15 is 0 Å². The van der Waals surface area contributed by atoms with Gasteiger partial charge in [0.1, 0.15) is 13.2 Å². The Kier molecular flexibility index (Phi) is 4.33. The number of hydrogen-bond donors (Lipinski definition) is 1. The Morgan fingerprint density at radius 1 is 1.08 bits per heavy atom. The zero-order valence-electron chi connectivity index (χ0n) is 13.4. The molecule has 0 aliphatic rings.